The van der Waals surface area contributed by atoms with E-state index >= 15 is 0 Å². The van der Waals surface area contributed by atoms with Crippen molar-refractivity contribution in [1.29, 1.82) is 0 Å². The van der Waals surface area contributed by atoms with E-state index in [1.807, 2.05) is 13.8 Å². The first-order chi connectivity index (χ1) is 9.58. The molecule has 0 amide bonds. The first-order valence-corrected chi connectivity index (χ1v) is 6.50. The fourth-order valence-corrected chi connectivity index (χ4v) is 2.08. The fraction of sp³-hybridized carbons (Fsp3) is 0.333. The Morgan fingerprint density at radius 2 is 2.00 bits per heavy atom. The highest BCUT2D eigenvalue weighted by atomic mass is 19.1. The molecular formula is C15H18FN3O. The summed E-state index contributed by atoms with van der Waals surface area (Å²) >= 11 is 0. The zero-order valence-electron chi connectivity index (χ0n) is 12.1. The quantitative estimate of drug-likeness (QED) is 0.929. The number of nitrogens with zero attached hydrogens (tertiary/aromatic N) is 2. The first kappa shape index (κ1) is 14.2. The second-order valence-electron chi connectivity index (χ2n) is 4.45. The molecule has 0 atom stereocenters. The van der Waals surface area contributed by atoms with E-state index in [2.05, 4.69) is 15.3 Å². The molecule has 1 heterocycles. The molecule has 0 aliphatic heterocycles. The monoisotopic (exact) mass is 275 g/mol. The van der Waals surface area contributed by atoms with E-state index in [4.69, 9.17) is 4.74 Å². The van der Waals surface area contributed by atoms with Gasteiger partial charge in [0.05, 0.1) is 12.8 Å². The Morgan fingerprint density at radius 1 is 1.25 bits per heavy atom. The summed E-state index contributed by atoms with van der Waals surface area (Å²) in [4.78, 5) is 8.72. The summed E-state index contributed by atoms with van der Waals surface area (Å²) in [5, 5.41) is 3.17. The number of hydrogen-bond acceptors (Lipinski definition) is 4. The lowest BCUT2D eigenvalue weighted by atomic mass is 10.1. The zero-order chi connectivity index (χ0) is 14.7. The van der Waals surface area contributed by atoms with Gasteiger partial charge in [0.2, 0.25) is 0 Å². The second kappa shape index (κ2) is 5.86. The molecule has 4 nitrogen and oxygen atoms in total. The summed E-state index contributed by atoms with van der Waals surface area (Å²) in [6.45, 7) is 6.41. The molecule has 1 aromatic carbocycles. The van der Waals surface area contributed by atoms with Crippen molar-refractivity contribution >= 4 is 5.82 Å². The van der Waals surface area contributed by atoms with Gasteiger partial charge in [-0.15, -0.1) is 0 Å². The first-order valence-electron chi connectivity index (χ1n) is 6.50. The van der Waals surface area contributed by atoms with Crippen molar-refractivity contribution in [3.05, 3.63) is 35.4 Å². The van der Waals surface area contributed by atoms with E-state index in [9.17, 15) is 4.39 Å². The third kappa shape index (κ3) is 2.57. The van der Waals surface area contributed by atoms with E-state index in [-0.39, 0.29) is 5.75 Å². The van der Waals surface area contributed by atoms with Gasteiger partial charge in [0, 0.05) is 17.7 Å². The molecule has 0 saturated carbocycles. The number of aryl methyl sites for hydroxylation is 1. The standard InChI is InChI=1S/C15H18FN3O/c1-5-17-15-9(2)14(18-10(3)19-15)11-7-6-8-12(20-4)13(11)16/h6-8H,5H2,1-4H3,(H,17,18,19). The number of anilines is 1. The van der Waals surface area contributed by atoms with E-state index in [1.54, 1.807) is 25.1 Å². The average Bonchev–Trinajstić information content (AvgIpc) is 2.43. The fourth-order valence-electron chi connectivity index (χ4n) is 2.08. The summed E-state index contributed by atoms with van der Waals surface area (Å²) < 4.78 is 19.4. The molecular weight excluding hydrogens is 257 g/mol. The van der Waals surface area contributed by atoms with Gasteiger partial charge in [0.1, 0.15) is 11.6 Å². The van der Waals surface area contributed by atoms with Crippen LogP contribution in [0.15, 0.2) is 18.2 Å². The van der Waals surface area contributed by atoms with Crippen LogP contribution < -0.4 is 10.1 Å². The molecule has 0 fully saturated rings. The van der Waals surface area contributed by atoms with Crippen LogP contribution in [0.1, 0.15) is 18.3 Å². The molecule has 20 heavy (non-hydrogen) atoms. The van der Waals surface area contributed by atoms with Crippen LogP contribution in [0.2, 0.25) is 0 Å². The number of nitrogens with one attached hydrogen (secondary N) is 1. The Morgan fingerprint density at radius 3 is 2.65 bits per heavy atom. The molecule has 0 saturated heterocycles. The molecule has 1 N–H and O–H groups in total. The van der Waals surface area contributed by atoms with Gasteiger partial charge in [-0.25, -0.2) is 14.4 Å². The van der Waals surface area contributed by atoms with E-state index in [0.717, 1.165) is 17.9 Å². The van der Waals surface area contributed by atoms with Gasteiger partial charge in [-0.05, 0) is 32.9 Å². The van der Waals surface area contributed by atoms with Gasteiger partial charge >= 0.3 is 0 Å². The maximum absolute atomic E-state index is 14.4. The maximum atomic E-state index is 14.4. The third-order valence-corrected chi connectivity index (χ3v) is 3.04. The van der Waals surface area contributed by atoms with Crippen LogP contribution in [0, 0.1) is 19.7 Å². The molecule has 0 spiro atoms. The number of ether oxygens (including phenoxy) is 1. The molecule has 2 aromatic rings. The minimum absolute atomic E-state index is 0.211. The number of halogens is 1. The smallest absolute Gasteiger partial charge is 0.174 e. The predicted molar refractivity (Wildman–Crippen MR) is 77.6 cm³/mol. The molecule has 0 aliphatic carbocycles. The van der Waals surface area contributed by atoms with Gasteiger partial charge in [-0.2, -0.15) is 0 Å². The SMILES string of the molecule is CCNc1nc(C)nc(-c2cccc(OC)c2F)c1C. The molecule has 0 radical (unpaired) electrons. The number of aromatic nitrogens is 2. The van der Waals surface area contributed by atoms with Crippen molar-refractivity contribution in [2.75, 3.05) is 19.0 Å². The van der Waals surface area contributed by atoms with Crippen molar-refractivity contribution < 1.29 is 9.13 Å². The van der Waals surface area contributed by atoms with Gasteiger partial charge < -0.3 is 10.1 Å². The number of benzene rings is 1. The summed E-state index contributed by atoms with van der Waals surface area (Å²) in [5.41, 5.74) is 1.83. The Labute approximate surface area is 118 Å². The number of hydrogen-bond donors (Lipinski definition) is 1. The molecule has 0 bridgehead atoms. The Hall–Kier alpha value is -2.17. The van der Waals surface area contributed by atoms with Crippen molar-refractivity contribution in [3.63, 3.8) is 0 Å². The molecule has 106 valence electrons. The number of rotatable bonds is 4. The lowest BCUT2D eigenvalue weighted by Gasteiger charge is -2.13. The van der Waals surface area contributed by atoms with Crippen LogP contribution in [0.25, 0.3) is 11.3 Å². The number of methoxy groups -OCH3 is 1. The lowest BCUT2D eigenvalue weighted by Crippen LogP contribution is -2.06. The highest BCUT2D eigenvalue weighted by Crippen LogP contribution is 2.31. The molecule has 1 aromatic heterocycles. The minimum Gasteiger partial charge on any atom is -0.494 e. The minimum atomic E-state index is -0.404. The van der Waals surface area contributed by atoms with Gasteiger partial charge in [0.25, 0.3) is 0 Å². The predicted octanol–water partition coefficient (Wildman–Crippen LogP) is 3.34. The normalized spacial score (nSPS) is 10.4. The summed E-state index contributed by atoms with van der Waals surface area (Å²) in [5.74, 6) is 1.14. The Bertz CT molecular complexity index is 629. The van der Waals surface area contributed by atoms with E-state index < -0.39 is 5.82 Å². The molecule has 0 unspecified atom stereocenters. The maximum Gasteiger partial charge on any atom is 0.174 e. The Balaban J connectivity index is 2.63. The van der Waals surface area contributed by atoms with Crippen LogP contribution in [0.5, 0.6) is 5.75 Å². The van der Waals surface area contributed by atoms with Gasteiger partial charge in [-0.3, -0.25) is 0 Å². The second-order valence-corrected chi connectivity index (χ2v) is 4.45. The van der Waals surface area contributed by atoms with Gasteiger partial charge in [0.15, 0.2) is 11.6 Å². The Kier molecular flexibility index (Phi) is 4.17. The van der Waals surface area contributed by atoms with Gasteiger partial charge in [-0.1, -0.05) is 6.07 Å². The molecule has 0 aliphatic rings. The van der Waals surface area contributed by atoms with Crippen molar-refractivity contribution in [2.45, 2.75) is 20.8 Å². The topological polar surface area (TPSA) is 47.0 Å². The largest absolute Gasteiger partial charge is 0.494 e. The van der Waals surface area contributed by atoms with Crippen LogP contribution in [-0.2, 0) is 0 Å². The molecule has 2 rings (SSSR count). The van der Waals surface area contributed by atoms with E-state index in [1.165, 1.54) is 7.11 Å². The lowest BCUT2D eigenvalue weighted by molar-refractivity contribution is 0.387. The summed E-state index contributed by atoms with van der Waals surface area (Å²) in [6, 6.07) is 5.04. The zero-order valence-corrected chi connectivity index (χ0v) is 12.1. The van der Waals surface area contributed by atoms with Crippen molar-refractivity contribution in [1.82, 2.24) is 9.97 Å². The van der Waals surface area contributed by atoms with Crippen molar-refractivity contribution in [3.8, 4) is 17.0 Å². The highest BCUT2D eigenvalue weighted by Gasteiger charge is 2.16. The summed E-state index contributed by atoms with van der Waals surface area (Å²) in [6.07, 6.45) is 0. The average molecular weight is 275 g/mol. The van der Waals surface area contributed by atoms with Crippen LogP contribution >= 0.6 is 0 Å². The third-order valence-electron chi connectivity index (χ3n) is 3.04. The highest BCUT2D eigenvalue weighted by molar-refractivity contribution is 5.70. The molecule has 5 heteroatoms. The summed E-state index contributed by atoms with van der Waals surface area (Å²) in [7, 11) is 1.45. The van der Waals surface area contributed by atoms with Crippen LogP contribution in [0.3, 0.4) is 0 Å². The van der Waals surface area contributed by atoms with Crippen LogP contribution in [-0.4, -0.2) is 23.6 Å². The van der Waals surface area contributed by atoms with E-state index in [0.29, 0.717) is 17.1 Å². The van der Waals surface area contributed by atoms with Crippen LogP contribution in [0.4, 0.5) is 10.2 Å². The van der Waals surface area contributed by atoms with Crippen molar-refractivity contribution in [2.24, 2.45) is 0 Å².